The van der Waals surface area contributed by atoms with Crippen molar-refractivity contribution in [2.24, 2.45) is 5.92 Å². The quantitative estimate of drug-likeness (QED) is 0.521. The molecule has 5 nitrogen and oxygen atoms in total. The molecule has 1 aliphatic rings. The Morgan fingerprint density at radius 3 is 2.33 bits per heavy atom. The number of hydrogen-bond acceptors (Lipinski definition) is 5. The van der Waals surface area contributed by atoms with Gasteiger partial charge in [-0.15, -0.1) is 0 Å². The standard InChI is InChI=1S/C13H27NO4/c1-3-5-9(8-15)6-14-7-11(16)13(18)12(17)10(14)4-2/h9-13,15-18H,3-8H2,1-2H3/t9?,10-,11-,12+,13+/m0/s1. The largest absolute Gasteiger partial charge is 0.396 e. The second kappa shape index (κ2) is 7.40. The highest BCUT2D eigenvalue weighted by Crippen LogP contribution is 2.23. The second-order valence-electron chi connectivity index (χ2n) is 5.32. The van der Waals surface area contributed by atoms with Crippen LogP contribution in [0.2, 0.25) is 0 Å². The van der Waals surface area contributed by atoms with Gasteiger partial charge in [0.15, 0.2) is 0 Å². The van der Waals surface area contributed by atoms with Gasteiger partial charge in [-0.1, -0.05) is 20.3 Å². The normalized spacial score (nSPS) is 35.7. The molecule has 5 atom stereocenters. The molecule has 0 radical (unpaired) electrons. The molecule has 5 heteroatoms. The summed E-state index contributed by atoms with van der Waals surface area (Å²) < 4.78 is 0. The molecule has 1 heterocycles. The van der Waals surface area contributed by atoms with Crippen LogP contribution >= 0.6 is 0 Å². The number of piperidine rings is 1. The number of aliphatic hydroxyl groups excluding tert-OH is 4. The van der Waals surface area contributed by atoms with Crippen LogP contribution in [0.5, 0.6) is 0 Å². The smallest absolute Gasteiger partial charge is 0.108 e. The zero-order chi connectivity index (χ0) is 13.7. The van der Waals surface area contributed by atoms with Crippen LogP contribution < -0.4 is 0 Å². The third-order valence-corrected chi connectivity index (χ3v) is 3.90. The predicted octanol–water partition coefficient (Wildman–Crippen LogP) is -0.428. The molecular weight excluding hydrogens is 234 g/mol. The minimum Gasteiger partial charge on any atom is -0.396 e. The Bertz CT molecular complexity index is 239. The summed E-state index contributed by atoms with van der Waals surface area (Å²) in [7, 11) is 0. The minimum atomic E-state index is -1.06. The lowest BCUT2D eigenvalue weighted by molar-refractivity contribution is -0.140. The highest BCUT2D eigenvalue weighted by molar-refractivity contribution is 4.94. The predicted molar refractivity (Wildman–Crippen MR) is 69.2 cm³/mol. The van der Waals surface area contributed by atoms with Crippen LogP contribution in [0.25, 0.3) is 0 Å². The average Bonchev–Trinajstić information content (AvgIpc) is 2.36. The van der Waals surface area contributed by atoms with Crippen molar-refractivity contribution >= 4 is 0 Å². The highest BCUT2D eigenvalue weighted by atomic mass is 16.4. The van der Waals surface area contributed by atoms with E-state index in [1.165, 1.54) is 0 Å². The van der Waals surface area contributed by atoms with E-state index in [0.29, 0.717) is 13.1 Å². The SMILES string of the molecule is CCCC(CO)CN1C[C@H](O)[C@@H](O)[C@H](O)[C@@H]1CC. The summed E-state index contributed by atoms with van der Waals surface area (Å²) in [6, 6.07) is -0.144. The molecule has 0 aliphatic carbocycles. The Labute approximate surface area is 109 Å². The van der Waals surface area contributed by atoms with Gasteiger partial charge in [0.25, 0.3) is 0 Å². The Morgan fingerprint density at radius 2 is 1.83 bits per heavy atom. The summed E-state index contributed by atoms with van der Waals surface area (Å²) in [6.45, 7) is 5.17. The first kappa shape index (κ1) is 15.9. The number of likely N-dealkylation sites (tertiary alicyclic amines) is 1. The Balaban J connectivity index is 2.66. The first-order valence-electron chi connectivity index (χ1n) is 6.94. The van der Waals surface area contributed by atoms with Crippen LogP contribution in [0.3, 0.4) is 0 Å². The third-order valence-electron chi connectivity index (χ3n) is 3.90. The minimum absolute atomic E-state index is 0.121. The molecule has 1 saturated heterocycles. The van der Waals surface area contributed by atoms with Crippen molar-refractivity contribution in [1.29, 1.82) is 0 Å². The fourth-order valence-electron chi connectivity index (χ4n) is 2.84. The average molecular weight is 261 g/mol. The number of rotatable bonds is 6. The first-order chi connectivity index (χ1) is 8.54. The van der Waals surface area contributed by atoms with Gasteiger partial charge in [-0.2, -0.15) is 0 Å². The van der Waals surface area contributed by atoms with E-state index in [2.05, 4.69) is 6.92 Å². The fourth-order valence-corrected chi connectivity index (χ4v) is 2.84. The van der Waals surface area contributed by atoms with Crippen molar-refractivity contribution in [3.63, 3.8) is 0 Å². The third kappa shape index (κ3) is 3.65. The fraction of sp³-hybridized carbons (Fsp3) is 1.00. The van der Waals surface area contributed by atoms with Crippen LogP contribution in [-0.2, 0) is 0 Å². The van der Waals surface area contributed by atoms with Gasteiger partial charge in [-0.05, 0) is 18.8 Å². The molecule has 0 aromatic heterocycles. The van der Waals surface area contributed by atoms with E-state index in [0.717, 1.165) is 19.3 Å². The molecule has 1 rings (SSSR count). The van der Waals surface area contributed by atoms with Crippen molar-refractivity contribution in [2.45, 2.75) is 57.5 Å². The van der Waals surface area contributed by atoms with Crippen LogP contribution in [0.15, 0.2) is 0 Å². The topological polar surface area (TPSA) is 84.2 Å². The second-order valence-corrected chi connectivity index (χ2v) is 5.32. The number of nitrogens with zero attached hydrogens (tertiary/aromatic N) is 1. The summed E-state index contributed by atoms with van der Waals surface area (Å²) in [5.41, 5.74) is 0. The zero-order valence-corrected chi connectivity index (χ0v) is 11.4. The highest BCUT2D eigenvalue weighted by Gasteiger charge is 2.40. The van der Waals surface area contributed by atoms with Gasteiger partial charge in [0.05, 0.1) is 12.2 Å². The molecule has 1 fully saturated rings. The molecule has 108 valence electrons. The molecule has 4 N–H and O–H groups in total. The molecule has 0 saturated carbocycles. The van der Waals surface area contributed by atoms with Gasteiger partial charge in [0.1, 0.15) is 6.10 Å². The van der Waals surface area contributed by atoms with Crippen molar-refractivity contribution < 1.29 is 20.4 Å². The van der Waals surface area contributed by atoms with Crippen LogP contribution in [-0.4, -0.2) is 69.4 Å². The number of hydrogen-bond donors (Lipinski definition) is 4. The van der Waals surface area contributed by atoms with E-state index in [4.69, 9.17) is 0 Å². The van der Waals surface area contributed by atoms with Crippen molar-refractivity contribution in [3.05, 3.63) is 0 Å². The van der Waals surface area contributed by atoms with Gasteiger partial charge in [0, 0.05) is 25.7 Å². The first-order valence-corrected chi connectivity index (χ1v) is 6.94. The Hall–Kier alpha value is -0.200. The maximum Gasteiger partial charge on any atom is 0.108 e. The summed E-state index contributed by atoms with van der Waals surface area (Å²) in [5.74, 6) is 0.165. The lowest BCUT2D eigenvalue weighted by Crippen LogP contribution is -2.61. The summed E-state index contributed by atoms with van der Waals surface area (Å²) in [4.78, 5) is 2.00. The van der Waals surface area contributed by atoms with Gasteiger partial charge < -0.3 is 20.4 Å². The molecule has 1 aliphatic heterocycles. The van der Waals surface area contributed by atoms with E-state index in [1.54, 1.807) is 0 Å². The van der Waals surface area contributed by atoms with Crippen molar-refractivity contribution in [1.82, 2.24) is 4.90 Å². The number of aliphatic hydroxyl groups is 4. The lowest BCUT2D eigenvalue weighted by Gasteiger charge is -2.44. The lowest BCUT2D eigenvalue weighted by atomic mass is 9.90. The molecular formula is C13H27NO4. The van der Waals surface area contributed by atoms with E-state index in [-0.39, 0.29) is 18.6 Å². The molecule has 18 heavy (non-hydrogen) atoms. The maximum atomic E-state index is 9.98. The maximum absolute atomic E-state index is 9.98. The van der Waals surface area contributed by atoms with Gasteiger partial charge >= 0.3 is 0 Å². The molecule has 0 spiro atoms. The van der Waals surface area contributed by atoms with Gasteiger partial charge in [-0.25, -0.2) is 0 Å². The summed E-state index contributed by atoms with van der Waals surface area (Å²) >= 11 is 0. The Kier molecular flexibility index (Phi) is 6.52. The van der Waals surface area contributed by atoms with Crippen LogP contribution in [0.1, 0.15) is 33.1 Å². The van der Waals surface area contributed by atoms with Gasteiger partial charge in [-0.3, -0.25) is 4.90 Å². The van der Waals surface area contributed by atoms with Crippen molar-refractivity contribution in [2.75, 3.05) is 19.7 Å². The summed E-state index contributed by atoms with van der Waals surface area (Å²) in [5, 5.41) is 38.7. The van der Waals surface area contributed by atoms with Crippen molar-refractivity contribution in [3.8, 4) is 0 Å². The van der Waals surface area contributed by atoms with Gasteiger partial charge in [0.2, 0.25) is 0 Å². The van der Waals surface area contributed by atoms with Crippen LogP contribution in [0, 0.1) is 5.92 Å². The molecule has 0 bridgehead atoms. The van der Waals surface area contributed by atoms with E-state index >= 15 is 0 Å². The monoisotopic (exact) mass is 261 g/mol. The van der Waals surface area contributed by atoms with E-state index in [1.807, 2.05) is 11.8 Å². The zero-order valence-electron chi connectivity index (χ0n) is 11.4. The molecule has 0 aromatic carbocycles. The van der Waals surface area contributed by atoms with E-state index < -0.39 is 18.3 Å². The number of β-amino-alcohol motifs (C(OH)–C–C–N with tert-alkyl or cyclic N) is 1. The Morgan fingerprint density at radius 1 is 1.17 bits per heavy atom. The molecule has 0 amide bonds. The molecule has 1 unspecified atom stereocenters. The van der Waals surface area contributed by atoms with E-state index in [9.17, 15) is 20.4 Å². The summed E-state index contributed by atoms with van der Waals surface area (Å²) in [6.07, 6.45) is -0.245. The van der Waals surface area contributed by atoms with Crippen LogP contribution in [0.4, 0.5) is 0 Å². The molecule has 0 aromatic rings.